The van der Waals surface area contributed by atoms with Gasteiger partial charge in [0, 0.05) is 30.0 Å². The lowest BCUT2D eigenvalue weighted by Crippen LogP contribution is -2.14. The fraction of sp³-hybridized carbons (Fsp3) is 0.0833. The molecule has 0 aliphatic heterocycles. The molecule has 0 fully saturated rings. The Bertz CT molecular complexity index is 736. The number of aromatic nitrogens is 5. The van der Waals surface area contributed by atoms with E-state index in [-0.39, 0.29) is 11.7 Å². The predicted octanol–water partition coefficient (Wildman–Crippen LogP) is 1.08. The Labute approximate surface area is 108 Å². The van der Waals surface area contributed by atoms with E-state index in [1.165, 1.54) is 4.52 Å². The van der Waals surface area contributed by atoms with Gasteiger partial charge in [0.15, 0.2) is 0 Å². The third-order valence-electron chi connectivity index (χ3n) is 2.57. The van der Waals surface area contributed by atoms with Crippen molar-refractivity contribution < 1.29 is 4.79 Å². The predicted molar refractivity (Wildman–Crippen MR) is 67.7 cm³/mol. The van der Waals surface area contributed by atoms with E-state index in [4.69, 9.17) is 0 Å². The van der Waals surface area contributed by atoms with Crippen LogP contribution in [-0.4, -0.2) is 30.5 Å². The summed E-state index contributed by atoms with van der Waals surface area (Å²) >= 11 is 0. The van der Waals surface area contributed by atoms with E-state index in [0.717, 1.165) is 5.69 Å². The maximum Gasteiger partial charge on any atom is 0.295 e. The minimum absolute atomic E-state index is 0.0820. The Morgan fingerprint density at radius 1 is 1.21 bits per heavy atom. The van der Waals surface area contributed by atoms with Crippen molar-refractivity contribution in [3.8, 4) is 0 Å². The molecule has 3 heterocycles. The number of fused-ring (bicyclic) bond motifs is 1. The van der Waals surface area contributed by atoms with Crippen molar-refractivity contribution in [1.82, 2.24) is 24.6 Å². The molecule has 1 N–H and O–H groups in total. The molecule has 0 aliphatic rings. The SMILES string of the molecule is Cc1ccnc2nc(C(=O)Nc3ccncc3)nn12. The maximum atomic E-state index is 12.0. The van der Waals surface area contributed by atoms with E-state index in [2.05, 4.69) is 25.4 Å². The molecule has 0 unspecified atom stereocenters. The zero-order valence-electron chi connectivity index (χ0n) is 10.1. The summed E-state index contributed by atoms with van der Waals surface area (Å²) < 4.78 is 1.53. The number of hydrogen-bond donors (Lipinski definition) is 1. The van der Waals surface area contributed by atoms with Crippen molar-refractivity contribution in [2.45, 2.75) is 6.92 Å². The van der Waals surface area contributed by atoms with E-state index in [1.807, 2.05) is 6.92 Å². The first-order valence-electron chi connectivity index (χ1n) is 5.64. The highest BCUT2D eigenvalue weighted by atomic mass is 16.2. The average molecular weight is 254 g/mol. The summed E-state index contributed by atoms with van der Waals surface area (Å²) in [5.41, 5.74) is 1.50. The number of nitrogens with zero attached hydrogens (tertiary/aromatic N) is 5. The van der Waals surface area contributed by atoms with Gasteiger partial charge in [0.2, 0.25) is 5.82 Å². The van der Waals surface area contributed by atoms with Gasteiger partial charge in [-0.25, -0.2) is 9.50 Å². The molecule has 3 aromatic heterocycles. The Morgan fingerprint density at radius 3 is 2.74 bits per heavy atom. The van der Waals surface area contributed by atoms with Gasteiger partial charge < -0.3 is 5.32 Å². The molecular weight excluding hydrogens is 244 g/mol. The molecule has 3 rings (SSSR count). The molecule has 19 heavy (non-hydrogen) atoms. The quantitative estimate of drug-likeness (QED) is 0.739. The molecule has 0 atom stereocenters. The summed E-state index contributed by atoms with van der Waals surface area (Å²) in [6.45, 7) is 1.87. The van der Waals surface area contributed by atoms with Crippen LogP contribution in [0.15, 0.2) is 36.8 Å². The molecule has 0 radical (unpaired) electrons. The van der Waals surface area contributed by atoms with Gasteiger partial charge in [0.05, 0.1) is 0 Å². The lowest BCUT2D eigenvalue weighted by Gasteiger charge is -2.00. The van der Waals surface area contributed by atoms with Crippen LogP contribution < -0.4 is 5.32 Å². The monoisotopic (exact) mass is 254 g/mol. The number of nitrogens with one attached hydrogen (secondary N) is 1. The molecule has 0 saturated carbocycles. The van der Waals surface area contributed by atoms with Crippen LogP contribution in [0.5, 0.6) is 0 Å². The lowest BCUT2D eigenvalue weighted by molar-refractivity contribution is 0.101. The van der Waals surface area contributed by atoms with Crippen molar-refractivity contribution in [2.75, 3.05) is 5.32 Å². The molecule has 3 aromatic rings. The van der Waals surface area contributed by atoms with Crippen molar-refractivity contribution in [2.24, 2.45) is 0 Å². The van der Waals surface area contributed by atoms with Gasteiger partial charge in [-0.05, 0) is 25.1 Å². The number of hydrogen-bond acceptors (Lipinski definition) is 5. The van der Waals surface area contributed by atoms with Crippen LogP contribution >= 0.6 is 0 Å². The van der Waals surface area contributed by atoms with Crippen LogP contribution in [0.2, 0.25) is 0 Å². The molecule has 94 valence electrons. The van der Waals surface area contributed by atoms with E-state index in [0.29, 0.717) is 11.5 Å². The first kappa shape index (κ1) is 11.3. The molecule has 1 amide bonds. The van der Waals surface area contributed by atoms with Crippen molar-refractivity contribution in [3.05, 3.63) is 48.3 Å². The van der Waals surface area contributed by atoms with Gasteiger partial charge in [0.1, 0.15) is 0 Å². The van der Waals surface area contributed by atoms with Gasteiger partial charge in [0.25, 0.3) is 11.7 Å². The number of rotatable bonds is 2. The summed E-state index contributed by atoms with van der Waals surface area (Å²) in [6, 6.07) is 5.18. The molecule has 0 aromatic carbocycles. The molecule has 0 saturated heterocycles. The molecule has 0 bridgehead atoms. The number of carbonyl (C=O) groups excluding carboxylic acids is 1. The number of pyridine rings is 1. The largest absolute Gasteiger partial charge is 0.319 e. The van der Waals surface area contributed by atoms with Crippen molar-refractivity contribution in [3.63, 3.8) is 0 Å². The topological polar surface area (TPSA) is 85.1 Å². The fourth-order valence-electron chi connectivity index (χ4n) is 1.62. The van der Waals surface area contributed by atoms with E-state index in [1.54, 1.807) is 36.8 Å². The minimum atomic E-state index is -0.379. The van der Waals surface area contributed by atoms with Crippen LogP contribution in [0, 0.1) is 6.92 Å². The Kier molecular flexibility index (Phi) is 2.64. The minimum Gasteiger partial charge on any atom is -0.319 e. The number of amides is 1. The average Bonchev–Trinajstić information content (AvgIpc) is 2.85. The third kappa shape index (κ3) is 2.13. The second-order valence-corrected chi connectivity index (χ2v) is 3.92. The fourth-order valence-corrected chi connectivity index (χ4v) is 1.62. The van der Waals surface area contributed by atoms with Crippen LogP contribution in [0.3, 0.4) is 0 Å². The first-order chi connectivity index (χ1) is 9.24. The molecule has 7 heteroatoms. The first-order valence-corrected chi connectivity index (χ1v) is 5.64. The van der Waals surface area contributed by atoms with Crippen molar-refractivity contribution >= 4 is 17.4 Å². The zero-order chi connectivity index (χ0) is 13.2. The highest BCUT2D eigenvalue weighted by Crippen LogP contribution is 2.07. The Morgan fingerprint density at radius 2 is 2.00 bits per heavy atom. The van der Waals surface area contributed by atoms with Gasteiger partial charge in [-0.2, -0.15) is 4.98 Å². The molecule has 0 aliphatic carbocycles. The number of aryl methyl sites for hydroxylation is 1. The second kappa shape index (κ2) is 4.45. The smallest absolute Gasteiger partial charge is 0.295 e. The van der Waals surface area contributed by atoms with Gasteiger partial charge in [-0.3, -0.25) is 9.78 Å². The summed E-state index contributed by atoms with van der Waals surface area (Å²) in [5, 5.41) is 6.82. The molecular formula is C12H10N6O. The highest BCUT2D eigenvalue weighted by Gasteiger charge is 2.14. The van der Waals surface area contributed by atoms with E-state index in [9.17, 15) is 4.79 Å². The molecule has 7 nitrogen and oxygen atoms in total. The number of carbonyl (C=O) groups is 1. The van der Waals surface area contributed by atoms with Crippen molar-refractivity contribution in [1.29, 1.82) is 0 Å². The van der Waals surface area contributed by atoms with E-state index >= 15 is 0 Å². The van der Waals surface area contributed by atoms with E-state index < -0.39 is 0 Å². The highest BCUT2D eigenvalue weighted by molar-refractivity contribution is 6.01. The third-order valence-corrected chi connectivity index (χ3v) is 2.57. The van der Waals surface area contributed by atoms with Crippen LogP contribution in [0.1, 0.15) is 16.3 Å². The second-order valence-electron chi connectivity index (χ2n) is 3.92. The van der Waals surface area contributed by atoms with Crippen LogP contribution in [0.4, 0.5) is 5.69 Å². The Hall–Kier alpha value is -2.83. The summed E-state index contributed by atoms with van der Waals surface area (Å²) in [4.78, 5) is 24.0. The standard InChI is InChI=1S/C12H10N6O/c1-8-2-7-14-12-16-10(17-18(8)12)11(19)15-9-3-5-13-6-4-9/h2-7H,1H3,(H,13,15,19). The zero-order valence-corrected chi connectivity index (χ0v) is 10.1. The normalized spacial score (nSPS) is 10.6. The summed E-state index contributed by atoms with van der Waals surface area (Å²) in [5.74, 6) is 0.106. The maximum absolute atomic E-state index is 12.0. The Balaban J connectivity index is 1.92. The molecule has 0 spiro atoms. The van der Waals surface area contributed by atoms with Gasteiger partial charge in [-0.1, -0.05) is 0 Å². The lowest BCUT2D eigenvalue weighted by atomic mass is 10.4. The van der Waals surface area contributed by atoms with Gasteiger partial charge in [-0.15, -0.1) is 5.10 Å². The van der Waals surface area contributed by atoms with Gasteiger partial charge >= 0.3 is 0 Å². The summed E-state index contributed by atoms with van der Waals surface area (Å²) in [6.07, 6.45) is 4.82. The van der Waals surface area contributed by atoms with Crippen LogP contribution in [0.25, 0.3) is 5.78 Å². The van der Waals surface area contributed by atoms with Crippen LogP contribution in [-0.2, 0) is 0 Å². The summed E-state index contributed by atoms with van der Waals surface area (Å²) in [7, 11) is 0. The number of anilines is 1.